The third kappa shape index (κ3) is 3.88. The summed E-state index contributed by atoms with van der Waals surface area (Å²) in [6.45, 7) is 0. The third-order valence-corrected chi connectivity index (χ3v) is 2.08. The summed E-state index contributed by atoms with van der Waals surface area (Å²) in [5.74, 6) is -1.31. The molecule has 1 atom stereocenters. The van der Waals surface area contributed by atoms with Crippen LogP contribution in [-0.4, -0.2) is 25.1 Å². The summed E-state index contributed by atoms with van der Waals surface area (Å²) in [6, 6.07) is 9.07. The molecule has 0 saturated heterocycles. The van der Waals surface area contributed by atoms with Gasteiger partial charge in [0.2, 0.25) is 0 Å². The maximum atomic E-state index is 11.5. The molecular formula is C12H12N2O4. The van der Waals surface area contributed by atoms with Crippen LogP contribution in [0.2, 0.25) is 0 Å². The summed E-state index contributed by atoms with van der Waals surface area (Å²) < 4.78 is 4.46. The molecule has 18 heavy (non-hydrogen) atoms. The lowest BCUT2D eigenvalue weighted by atomic mass is 10.2. The van der Waals surface area contributed by atoms with Crippen LogP contribution in [0.15, 0.2) is 30.3 Å². The fraction of sp³-hybridized carbons (Fsp3) is 0.250. The number of esters is 1. The average Bonchev–Trinajstić information content (AvgIpc) is 2.43. The first-order valence-electron chi connectivity index (χ1n) is 5.15. The van der Waals surface area contributed by atoms with E-state index in [9.17, 15) is 9.59 Å². The lowest BCUT2D eigenvalue weighted by Gasteiger charge is -2.12. The van der Waals surface area contributed by atoms with E-state index >= 15 is 0 Å². The van der Waals surface area contributed by atoms with Crippen LogP contribution >= 0.6 is 0 Å². The van der Waals surface area contributed by atoms with Crippen LogP contribution in [0.3, 0.4) is 0 Å². The van der Waals surface area contributed by atoms with Gasteiger partial charge in [0.15, 0.2) is 6.04 Å². The van der Waals surface area contributed by atoms with Crippen LogP contribution < -0.4 is 5.48 Å². The number of ether oxygens (including phenoxy) is 1. The van der Waals surface area contributed by atoms with Gasteiger partial charge in [-0.2, -0.15) is 5.26 Å². The van der Waals surface area contributed by atoms with E-state index in [2.05, 4.69) is 10.2 Å². The molecule has 0 unspecified atom stereocenters. The minimum Gasteiger partial charge on any atom is -0.468 e. The van der Waals surface area contributed by atoms with E-state index in [-0.39, 0.29) is 6.42 Å². The molecule has 0 radical (unpaired) electrons. The van der Waals surface area contributed by atoms with Crippen LogP contribution in [0, 0.1) is 11.3 Å². The Labute approximate surface area is 104 Å². The van der Waals surface area contributed by atoms with Gasteiger partial charge in [-0.15, -0.1) is 5.48 Å². The SMILES string of the molecule is COC(=O)[C@H](CC#N)NOC(=O)c1ccccc1. The Morgan fingerprint density at radius 2 is 2.06 bits per heavy atom. The Morgan fingerprint density at radius 3 is 2.61 bits per heavy atom. The van der Waals surface area contributed by atoms with Crippen molar-refractivity contribution >= 4 is 11.9 Å². The summed E-state index contributed by atoms with van der Waals surface area (Å²) in [7, 11) is 1.19. The molecule has 0 bridgehead atoms. The number of nitrogens with zero attached hydrogens (tertiary/aromatic N) is 1. The van der Waals surface area contributed by atoms with Crippen molar-refractivity contribution in [2.24, 2.45) is 0 Å². The van der Waals surface area contributed by atoms with Crippen LogP contribution in [0.5, 0.6) is 0 Å². The standard InChI is InChI=1S/C12H12N2O4/c1-17-12(16)10(7-8-13)14-18-11(15)9-5-3-2-4-6-9/h2-6,10,14H,7H2,1H3/t10-/m0/s1. The minimum atomic E-state index is -0.993. The van der Waals surface area contributed by atoms with E-state index < -0.39 is 18.0 Å². The van der Waals surface area contributed by atoms with Gasteiger partial charge in [0.25, 0.3) is 0 Å². The summed E-state index contributed by atoms with van der Waals surface area (Å²) in [5, 5.41) is 8.53. The third-order valence-electron chi connectivity index (χ3n) is 2.08. The number of hydroxylamine groups is 1. The molecule has 6 nitrogen and oxygen atoms in total. The Hall–Kier alpha value is -2.39. The molecule has 0 fully saturated rings. The molecule has 94 valence electrons. The number of benzene rings is 1. The van der Waals surface area contributed by atoms with E-state index in [4.69, 9.17) is 10.1 Å². The van der Waals surface area contributed by atoms with Crippen LogP contribution in [-0.2, 0) is 14.4 Å². The Bertz CT molecular complexity index is 453. The second kappa shape index (κ2) is 7.04. The lowest BCUT2D eigenvalue weighted by molar-refractivity contribution is -0.145. The molecular weight excluding hydrogens is 236 g/mol. The van der Waals surface area contributed by atoms with Crippen molar-refractivity contribution in [3.63, 3.8) is 0 Å². The molecule has 6 heteroatoms. The number of nitrogens with one attached hydrogen (secondary N) is 1. The highest BCUT2D eigenvalue weighted by atomic mass is 16.7. The maximum absolute atomic E-state index is 11.5. The smallest absolute Gasteiger partial charge is 0.356 e. The highest BCUT2D eigenvalue weighted by molar-refractivity contribution is 5.89. The van der Waals surface area contributed by atoms with Crippen molar-refractivity contribution in [1.29, 1.82) is 5.26 Å². The van der Waals surface area contributed by atoms with Gasteiger partial charge in [0.1, 0.15) is 0 Å². The first-order valence-corrected chi connectivity index (χ1v) is 5.15. The zero-order valence-electron chi connectivity index (χ0n) is 9.75. The molecule has 0 spiro atoms. The summed E-state index contributed by atoms with van der Waals surface area (Å²) >= 11 is 0. The summed E-state index contributed by atoms with van der Waals surface area (Å²) in [5.41, 5.74) is 2.56. The monoisotopic (exact) mass is 248 g/mol. The van der Waals surface area contributed by atoms with Gasteiger partial charge >= 0.3 is 11.9 Å². The maximum Gasteiger partial charge on any atom is 0.356 e. The summed E-state index contributed by atoms with van der Waals surface area (Å²) in [6.07, 6.45) is -0.158. The quantitative estimate of drug-likeness (QED) is 0.612. The number of nitriles is 1. The second-order valence-electron chi connectivity index (χ2n) is 3.31. The Kier molecular flexibility index (Phi) is 5.35. The number of hydrogen-bond acceptors (Lipinski definition) is 6. The fourth-order valence-corrected chi connectivity index (χ4v) is 1.16. The molecule has 0 aliphatic rings. The predicted octanol–water partition coefficient (Wildman–Crippen LogP) is 0.803. The zero-order valence-corrected chi connectivity index (χ0v) is 9.75. The van der Waals surface area contributed by atoms with Crippen molar-refractivity contribution in [2.45, 2.75) is 12.5 Å². The predicted molar refractivity (Wildman–Crippen MR) is 61.0 cm³/mol. The van der Waals surface area contributed by atoms with E-state index in [0.29, 0.717) is 5.56 Å². The molecule has 0 aliphatic carbocycles. The molecule has 1 N–H and O–H groups in total. The number of carbonyl (C=O) groups excluding carboxylic acids is 2. The van der Waals surface area contributed by atoms with E-state index in [0.717, 1.165) is 0 Å². The topological polar surface area (TPSA) is 88.4 Å². The van der Waals surface area contributed by atoms with E-state index in [1.165, 1.54) is 7.11 Å². The first kappa shape index (κ1) is 13.7. The molecule has 0 aromatic heterocycles. The zero-order chi connectivity index (χ0) is 13.4. The van der Waals surface area contributed by atoms with Crippen molar-refractivity contribution in [1.82, 2.24) is 5.48 Å². The fourth-order valence-electron chi connectivity index (χ4n) is 1.16. The molecule has 0 aliphatic heterocycles. The normalized spacial score (nSPS) is 11.1. The molecule has 0 saturated carbocycles. The van der Waals surface area contributed by atoms with Crippen molar-refractivity contribution in [2.75, 3.05) is 7.11 Å². The van der Waals surface area contributed by atoms with Gasteiger partial charge < -0.3 is 9.57 Å². The van der Waals surface area contributed by atoms with Gasteiger partial charge in [-0.3, -0.25) is 4.79 Å². The van der Waals surface area contributed by atoms with E-state index in [1.54, 1.807) is 36.4 Å². The molecule has 1 aromatic rings. The minimum absolute atomic E-state index is 0.158. The molecule has 1 rings (SSSR count). The van der Waals surface area contributed by atoms with Crippen molar-refractivity contribution in [3.8, 4) is 6.07 Å². The van der Waals surface area contributed by atoms with Crippen LogP contribution in [0.1, 0.15) is 16.8 Å². The number of carbonyl (C=O) groups is 2. The van der Waals surface area contributed by atoms with Gasteiger partial charge in [0.05, 0.1) is 25.2 Å². The van der Waals surface area contributed by atoms with Gasteiger partial charge in [-0.05, 0) is 12.1 Å². The Morgan fingerprint density at radius 1 is 1.39 bits per heavy atom. The van der Waals surface area contributed by atoms with Crippen molar-refractivity contribution in [3.05, 3.63) is 35.9 Å². The van der Waals surface area contributed by atoms with Crippen molar-refractivity contribution < 1.29 is 19.2 Å². The number of methoxy groups -OCH3 is 1. The largest absolute Gasteiger partial charge is 0.468 e. The molecule has 0 heterocycles. The highest BCUT2D eigenvalue weighted by Crippen LogP contribution is 2.01. The average molecular weight is 248 g/mol. The van der Waals surface area contributed by atoms with Crippen LogP contribution in [0.25, 0.3) is 0 Å². The number of rotatable bonds is 5. The molecule has 1 aromatic carbocycles. The second-order valence-corrected chi connectivity index (χ2v) is 3.31. The van der Waals surface area contributed by atoms with E-state index in [1.807, 2.05) is 0 Å². The number of hydrogen-bond donors (Lipinski definition) is 1. The lowest BCUT2D eigenvalue weighted by Crippen LogP contribution is -2.38. The highest BCUT2D eigenvalue weighted by Gasteiger charge is 2.20. The molecule has 0 amide bonds. The Balaban J connectivity index is 2.55. The van der Waals surface area contributed by atoms with Gasteiger partial charge in [0, 0.05) is 0 Å². The first-order chi connectivity index (χ1) is 8.69. The summed E-state index contributed by atoms with van der Waals surface area (Å²) in [4.78, 5) is 27.5. The van der Waals surface area contributed by atoms with Gasteiger partial charge in [-0.25, -0.2) is 4.79 Å². The van der Waals surface area contributed by atoms with Crippen LogP contribution in [0.4, 0.5) is 0 Å². The van der Waals surface area contributed by atoms with Gasteiger partial charge in [-0.1, -0.05) is 18.2 Å².